The molecule has 0 saturated heterocycles. The summed E-state index contributed by atoms with van der Waals surface area (Å²) >= 11 is 3.19. The molecule has 1 rings (SSSR count). The average Bonchev–Trinajstić information content (AvgIpc) is 2.29. The largest absolute Gasteiger partial charge is 0.321 e. The second kappa shape index (κ2) is 5.82. The van der Waals surface area contributed by atoms with E-state index in [1.165, 1.54) is 12.1 Å². The minimum atomic E-state index is -3.82. The van der Waals surface area contributed by atoms with Gasteiger partial charge >= 0.3 is 6.03 Å². The zero-order valence-electron chi connectivity index (χ0n) is 11.6. The molecule has 118 valence electrons. The second-order valence-corrected chi connectivity index (χ2v) is 5.90. The van der Waals surface area contributed by atoms with E-state index < -0.39 is 23.4 Å². The normalized spacial score (nSPS) is 13.0. The Hall–Kier alpha value is -1.31. The molecule has 2 amide bonds. The Labute approximate surface area is 128 Å². The predicted octanol–water partition coefficient (Wildman–Crippen LogP) is 4.64. The minimum absolute atomic E-state index is 0.289. The van der Waals surface area contributed by atoms with Crippen LogP contribution in [0.4, 0.5) is 28.0 Å². The first-order valence-corrected chi connectivity index (χ1v) is 6.76. The van der Waals surface area contributed by atoms with Crippen molar-refractivity contribution in [2.24, 2.45) is 0 Å². The summed E-state index contributed by atoms with van der Waals surface area (Å²) in [4.78, 5) is 11.7. The fraction of sp³-hybridized carbons (Fsp3) is 0.462. The van der Waals surface area contributed by atoms with E-state index in [0.29, 0.717) is 20.8 Å². The van der Waals surface area contributed by atoms with Gasteiger partial charge in [-0.05, 0) is 31.2 Å². The van der Waals surface area contributed by atoms with Crippen LogP contribution < -0.4 is 10.6 Å². The van der Waals surface area contributed by atoms with E-state index in [4.69, 9.17) is 0 Å². The molecule has 21 heavy (non-hydrogen) atoms. The summed E-state index contributed by atoms with van der Waals surface area (Å²) in [7, 11) is 0. The number of urea groups is 1. The van der Waals surface area contributed by atoms with Crippen molar-refractivity contribution >= 4 is 27.6 Å². The molecule has 0 heterocycles. The van der Waals surface area contributed by atoms with Gasteiger partial charge in [0.2, 0.25) is 0 Å². The number of amides is 2. The van der Waals surface area contributed by atoms with Crippen LogP contribution in [0.1, 0.15) is 20.8 Å². The molecule has 0 saturated carbocycles. The Morgan fingerprint density at radius 1 is 1.00 bits per heavy atom. The van der Waals surface area contributed by atoms with E-state index >= 15 is 0 Å². The standard InChI is InChI=1S/C13H15BrF4N2O/c1-11(12(2,15)16,13(3,17)18)20-10(21)19-9-6-4-8(14)5-7-9/h4-7H,1-3H3,(H2,19,20,21). The molecule has 0 atom stereocenters. The molecule has 3 nitrogen and oxygen atoms in total. The van der Waals surface area contributed by atoms with Crippen LogP contribution >= 0.6 is 15.9 Å². The van der Waals surface area contributed by atoms with Crippen molar-refractivity contribution in [3.05, 3.63) is 28.7 Å². The lowest BCUT2D eigenvalue weighted by atomic mass is 9.88. The highest BCUT2D eigenvalue weighted by Crippen LogP contribution is 2.40. The van der Waals surface area contributed by atoms with Crippen LogP contribution in [0.5, 0.6) is 0 Å². The van der Waals surface area contributed by atoms with Crippen LogP contribution in [-0.4, -0.2) is 23.4 Å². The van der Waals surface area contributed by atoms with Crippen LogP contribution in [0.2, 0.25) is 0 Å². The fourth-order valence-corrected chi connectivity index (χ4v) is 1.79. The second-order valence-electron chi connectivity index (χ2n) is 4.99. The molecule has 8 heteroatoms. The van der Waals surface area contributed by atoms with Crippen molar-refractivity contribution in [1.82, 2.24) is 5.32 Å². The number of halogens is 5. The Morgan fingerprint density at radius 3 is 1.81 bits per heavy atom. The Morgan fingerprint density at radius 2 is 1.43 bits per heavy atom. The maximum absolute atomic E-state index is 13.5. The third-order valence-corrected chi connectivity index (χ3v) is 3.75. The number of anilines is 1. The highest BCUT2D eigenvalue weighted by Gasteiger charge is 2.61. The molecule has 1 aromatic rings. The van der Waals surface area contributed by atoms with Gasteiger partial charge in [0.15, 0.2) is 5.54 Å². The van der Waals surface area contributed by atoms with Crippen LogP contribution in [0.15, 0.2) is 28.7 Å². The van der Waals surface area contributed by atoms with Crippen LogP contribution in [0.3, 0.4) is 0 Å². The van der Waals surface area contributed by atoms with Gasteiger partial charge < -0.3 is 10.6 Å². The lowest BCUT2D eigenvalue weighted by Gasteiger charge is -2.40. The molecule has 1 aromatic carbocycles. The summed E-state index contributed by atoms with van der Waals surface area (Å²) in [6, 6.07) is 5.07. The van der Waals surface area contributed by atoms with Gasteiger partial charge in [0.05, 0.1) is 0 Å². The third-order valence-electron chi connectivity index (χ3n) is 3.22. The van der Waals surface area contributed by atoms with Crippen molar-refractivity contribution in [2.75, 3.05) is 5.32 Å². The lowest BCUT2D eigenvalue weighted by Crippen LogP contribution is -2.67. The van der Waals surface area contributed by atoms with Crippen LogP contribution in [0.25, 0.3) is 0 Å². The van der Waals surface area contributed by atoms with Gasteiger partial charge in [-0.2, -0.15) is 0 Å². The summed E-state index contributed by atoms with van der Waals surface area (Å²) in [5.74, 6) is -7.63. The van der Waals surface area contributed by atoms with Gasteiger partial charge in [-0.3, -0.25) is 0 Å². The molecule has 0 bridgehead atoms. The van der Waals surface area contributed by atoms with E-state index in [-0.39, 0.29) is 5.69 Å². The van der Waals surface area contributed by atoms with E-state index in [2.05, 4.69) is 21.2 Å². The van der Waals surface area contributed by atoms with E-state index in [9.17, 15) is 22.4 Å². The maximum atomic E-state index is 13.5. The van der Waals surface area contributed by atoms with Gasteiger partial charge in [0, 0.05) is 24.0 Å². The number of hydrogen-bond acceptors (Lipinski definition) is 1. The van der Waals surface area contributed by atoms with E-state index in [1.54, 1.807) is 17.4 Å². The average molecular weight is 371 g/mol. The van der Waals surface area contributed by atoms with Crippen molar-refractivity contribution < 1.29 is 22.4 Å². The zero-order chi connectivity index (χ0) is 16.5. The van der Waals surface area contributed by atoms with Gasteiger partial charge in [-0.25, -0.2) is 22.4 Å². The summed E-state index contributed by atoms with van der Waals surface area (Å²) < 4.78 is 54.7. The predicted molar refractivity (Wildman–Crippen MR) is 75.9 cm³/mol. The number of benzene rings is 1. The number of rotatable bonds is 4. The minimum Gasteiger partial charge on any atom is -0.321 e. The molecule has 0 fully saturated rings. The molecule has 0 spiro atoms. The molecule has 0 aliphatic carbocycles. The summed E-state index contributed by atoms with van der Waals surface area (Å²) in [6.07, 6.45) is 0. The number of alkyl halides is 4. The lowest BCUT2D eigenvalue weighted by molar-refractivity contribution is -0.173. The molecular formula is C13H15BrF4N2O. The molecular weight excluding hydrogens is 356 g/mol. The fourth-order valence-electron chi connectivity index (χ4n) is 1.53. The van der Waals surface area contributed by atoms with Crippen LogP contribution in [0, 0.1) is 0 Å². The van der Waals surface area contributed by atoms with E-state index in [0.717, 1.165) is 4.47 Å². The number of hydrogen-bond donors (Lipinski definition) is 2. The Balaban J connectivity index is 2.90. The van der Waals surface area contributed by atoms with E-state index in [1.807, 2.05) is 0 Å². The van der Waals surface area contributed by atoms with Crippen molar-refractivity contribution in [3.8, 4) is 0 Å². The first-order valence-electron chi connectivity index (χ1n) is 5.97. The van der Waals surface area contributed by atoms with Crippen molar-refractivity contribution in [1.29, 1.82) is 0 Å². The van der Waals surface area contributed by atoms with Gasteiger partial charge in [0.25, 0.3) is 11.8 Å². The highest BCUT2D eigenvalue weighted by molar-refractivity contribution is 9.10. The topological polar surface area (TPSA) is 41.1 Å². The summed E-state index contributed by atoms with van der Waals surface area (Å²) in [5.41, 5.74) is -2.73. The quantitative estimate of drug-likeness (QED) is 0.744. The molecule has 0 aliphatic heterocycles. The molecule has 0 aromatic heterocycles. The zero-order valence-corrected chi connectivity index (χ0v) is 13.2. The maximum Gasteiger partial charge on any atom is 0.320 e. The number of nitrogens with one attached hydrogen (secondary N) is 2. The molecule has 2 N–H and O–H groups in total. The number of carbonyl (C=O) groups is 1. The van der Waals surface area contributed by atoms with Crippen LogP contribution in [-0.2, 0) is 0 Å². The van der Waals surface area contributed by atoms with Crippen molar-refractivity contribution in [3.63, 3.8) is 0 Å². The Bertz CT molecular complexity index is 494. The molecule has 0 aliphatic rings. The SMILES string of the molecule is CC(F)(F)C(C)(NC(=O)Nc1ccc(Br)cc1)C(C)(F)F. The first-order chi connectivity index (χ1) is 9.37. The summed E-state index contributed by atoms with van der Waals surface area (Å²) in [6.45, 7) is 1.28. The smallest absolute Gasteiger partial charge is 0.320 e. The van der Waals surface area contributed by atoms with Gasteiger partial charge in [0.1, 0.15) is 0 Å². The third kappa shape index (κ3) is 4.09. The van der Waals surface area contributed by atoms with Gasteiger partial charge in [-0.15, -0.1) is 0 Å². The molecule has 0 radical (unpaired) electrons. The van der Waals surface area contributed by atoms with Gasteiger partial charge in [-0.1, -0.05) is 15.9 Å². The monoisotopic (exact) mass is 370 g/mol. The summed E-state index contributed by atoms with van der Waals surface area (Å²) in [5, 5.41) is 3.91. The molecule has 0 unspecified atom stereocenters. The van der Waals surface area contributed by atoms with Crippen molar-refractivity contribution in [2.45, 2.75) is 38.2 Å². The Kier molecular flexibility index (Phi) is 4.92. The number of carbonyl (C=O) groups excluding carboxylic acids is 1. The highest BCUT2D eigenvalue weighted by atomic mass is 79.9. The first kappa shape index (κ1) is 17.7.